The van der Waals surface area contributed by atoms with E-state index < -0.39 is 23.1 Å². The van der Waals surface area contributed by atoms with Gasteiger partial charge in [0.15, 0.2) is 5.76 Å². The Bertz CT molecular complexity index is 1010. The molecule has 8 heteroatoms. The summed E-state index contributed by atoms with van der Waals surface area (Å²) in [5.74, 6) is -1.76. The number of furan rings is 1. The van der Waals surface area contributed by atoms with E-state index in [9.17, 15) is 19.1 Å². The van der Waals surface area contributed by atoms with Gasteiger partial charge in [-0.3, -0.25) is 9.59 Å². The summed E-state index contributed by atoms with van der Waals surface area (Å²) >= 11 is 1.15. The van der Waals surface area contributed by atoms with Gasteiger partial charge in [-0.25, -0.2) is 4.39 Å². The molecule has 0 aliphatic heterocycles. The van der Waals surface area contributed by atoms with E-state index >= 15 is 0 Å². The molecular weight excluding hydrogens is 387 g/mol. The minimum Gasteiger partial charge on any atom is -0.502 e. The summed E-state index contributed by atoms with van der Waals surface area (Å²) in [6, 6.07) is 10.6. The summed E-state index contributed by atoms with van der Waals surface area (Å²) < 4.78 is 29.5. The monoisotopic (exact) mass is 404 g/mol. The average Bonchev–Trinajstić information content (AvgIpc) is 3.22. The summed E-state index contributed by atoms with van der Waals surface area (Å²) in [5.41, 5.74) is -0.660. The molecule has 3 rings (SSSR count). The van der Waals surface area contributed by atoms with Gasteiger partial charge in [-0.05, 0) is 24.3 Å². The van der Waals surface area contributed by atoms with Crippen LogP contribution in [-0.2, 0) is 15.3 Å². The van der Waals surface area contributed by atoms with Crippen LogP contribution in [0.1, 0.15) is 29.6 Å². The number of ether oxygens (including phenoxy) is 1. The van der Waals surface area contributed by atoms with Gasteiger partial charge in [-0.15, -0.1) is 11.8 Å². The molecule has 0 spiro atoms. The van der Waals surface area contributed by atoms with Gasteiger partial charge >= 0.3 is 5.97 Å². The molecule has 2 heterocycles. The summed E-state index contributed by atoms with van der Waals surface area (Å²) in [4.78, 5) is 24.4. The summed E-state index contributed by atoms with van der Waals surface area (Å²) in [6.07, 6.45) is 1.22. The smallest absolute Gasteiger partial charge is 0.306 e. The minimum absolute atomic E-state index is 0.100. The van der Waals surface area contributed by atoms with Crippen LogP contribution in [0.15, 0.2) is 67.3 Å². The molecule has 0 unspecified atom stereocenters. The molecule has 0 amide bonds. The summed E-state index contributed by atoms with van der Waals surface area (Å²) in [7, 11) is 1.24. The largest absolute Gasteiger partial charge is 0.502 e. The summed E-state index contributed by atoms with van der Waals surface area (Å²) in [5, 5.41) is 10.2. The lowest BCUT2D eigenvalue weighted by molar-refractivity contribution is -0.141. The lowest BCUT2D eigenvalue weighted by Gasteiger charge is -2.15. The van der Waals surface area contributed by atoms with Gasteiger partial charge < -0.3 is 18.7 Å². The lowest BCUT2D eigenvalue weighted by atomic mass is 9.98. The van der Waals surface area contributed by atoms with Crippen LogP contribution < -0.4 is 5.43 Å². The highest BCUT2D eigenvalue weighted by Gasteiger charge is 2.28. The van der Waals surface area contributed by atoms with Crippen LogP contribution in [-0.4, -0.2) is 18.2 Å². The van der Waals surface area contributed by atoms with E-state index in [1.807, 2.05) is 0 Å². The number of carbonyl (C=O) groups excluding carboxylic acids is 1. The van der Waals surface area contributed by atoms with Crippen molar-refractivity contribution >= 4 is 17.7 Å². The van der Waals surface area contributed by atoms with Gasteiger partial charge in [0.25, 0.3) is 0 Å². The van der Waals surface area contributed by atoms with E-state index in [0.29, 0.717) is 10.7 Å². The molecule has 1 atom stereocenters. The van der Waals surface area contributed by atoms with Crippen molar-refractivity contribution in [1.82, 2.24) is 0 Å². The summed E-state index contributed by atoms with van der Waals surface area (Å²) in [6.45, 7) is 0. The third kappa shape index (κ3) is 4.45. The Kier molecular flexibility index (Phi) is 6.20. The number of aromatic hydroxyl groups is 1. The van der Waals surface area contributed by atoms with Crippen molar-refractivity contribution in [2.75, 3.05) is 7.11 Å². The van der Waals surface area contributed by atoms with Gasteiger partial charge in [0, 0.05) is 11.0 Å². The van der Waals surface area contributed by atoms with Crippen molar-refractivity contribution in [3.8, 4) is 5.75 Å². The lowest BCUT2D eigenvalue weighted by Crippen LogP contribution is -2.13. The molecule has 2 aromatic heterocycles. The molecule has 28 heavy (non-hydrogen) atoms. The van der Waals surface area contributed by atoms with Crippen LogP contribution in [0.2, 0.25) is 0 Å². The van der Waals surface area contributed by atoms with Gasteiger partial charge in [0.1, 0.15) is 17.3 Å². The van der Waals surface area contributed by atoms with E-state index in [1.54, 1.807) is 30.3 Å². The van der Waals surface area contributed by atoms with Gasteiger partial charge in [0.2, 0.25) is 11.2 Å². The SMILES string of the molecule is COC(=O)C[C@H](c1ccco1)c1oc(CSc2ccccc2F)cc(=O)c1O. The molecule has 6 nitrogen and oxygen atoms in total. The van der Waals surface area contributed by atoms with E-state index in [2.05, 4.69) is 0 Å². The third-order valence-corrected chi connectivity index (χ3v) is 5.08. The Morgan fingerprint density at radius 2 is 2.07 bits per heavy atom. The molecule has 1 aromatic carbocycles. The standard InChI is InChI=1S/C20H17FO6S/c1-25-18(23)10-13(16-6-4-8-26-16)20-19(24)15(22)9-12(27-20)11-28-17-7-3-2-5-14(17)21/h2-9,13,24H,10-11H2,1H3/t13-/m1/s1. The second kappa shape index (κ2) is 8.79. The fraction of sp³-hybridized carbons (Fsp3) is 0.200. The second-order valence-corrected chi connectivity index (χ2v) is 6.87. The van der Waals surface area contributed by atoms with Crippen LogP contribution in [0, 0.1) is 5.82 Å². The van der Waals surface area contributed by atoms with E-state index in [0.717, 1.165) is 17.8 Å². The number of carbonyl (C=O) groups is 1. The second-order valence-electron chi connectivity index (χ2n) is 5.86. The molecule has 0 aliphatic carbocycles. The first kappa shape index (κ1) is 19.8. The van der Waals surface area contributed by atoms with Crippen LogP contribution in [0.3, 0.4) is 0 Å². The quantitative estimate of drug-likeness (QED) is 0.469. The number of thioether (sulfide) groups is 1. The van der Waals surface area contributed by atoms with Crippen LogP contribution >= 0.6 is 11.8 Å². The number of hydrogen-bond donors (Lipinski definition) is 1. The van der Waals surface area contributed by atoms with Crippen LogP contribution in [0.4, 0.5) is 4.39 Å². The predicted octanol–water partition coefficient (Wildman–Crippen LogP) is 4.06. The Morgan fingerprint density at radius 3 is 2.75 bits per heavy atom. The zero-order valence-corrected chi connectivity index (χ0v) is 15.7. The van der Waals surface area contributed by atoms with Crippen molar-refractivity contribution in [3.05, 3.63) is 82.0 Å². The Hall–Kier alpha value is -3.00. The topological polar surface area (TPSA) is 89.9 Å². The van der Waals surface area contributed by atoms with E-state index in [1.165, 1.54) is 19.4 Å². The highest BCUT2D eigenvalue weighted by molar-refractivity contribution is 7.98. The van der Waals surface area contributed by atoms with Crippen molar-refractivity contribution in [2.24, 2.45) is 0 Å². The molecule has 1 N–H and O–H groups in total. The number of halogens is 1. The number of benzene rings is 1. The number of methoxy groups -OCH3 is 1. The zero-order chi connectivity index (χ0) is 20.1. The van der Waals surface area contributed by atoms with Gasteiger partial charge in [0.05, 0.1) is 31.5 Å². The number of esters is 1. The molecule has 0 saturated heterocycles. The van der Waals surface area contributed by atoms with E-state index in [-0.39, 0.29) is 29.5 Å². The first-order valence-electron chi connectivity index (χ1n) is 8.33. The van der Waals surface area contributed by atoms with Crippen LogP contribution in [0.25, 0.3) is 0 Å². The minimum atomic E-state index is -0.839. The van der Waals surface area contributed by atoms with Gasteiger partial charge in [-0.2, -0.15) is 0 Å². The Morgan fingerprint density at radius 1 is 1.29 bits per heavy atom. The fourth-order valence-corrected chi connectivity index (χ4v) is 3.46. The zero-order valence-electron chi connectivity index (χ0n) is 14.9. The highest BCUT2D eigenvalue weighted by Crippen LogP contribution is 2.34. The maximum Gasteiger partial charge on any atom is 0.306 e. The van der Waals surface area contributed by atoms with Crippen molar-refractivity contribution in [1.29, 1.82) is 0 Å². The highest BCUT2D eigenvalue weighted by atomic mass is 32.2. The molecular formula is C20H17FO6S. The molecule has 3 aromatic rings. The normalized spacial score (nSPS) is 11.9. The van der Waals surface area contributed by atoms with Crippen molar-refractivity contribution in [3.63, 3.8) is 0 Å². The Balaban J connectivity index is 1.94. The van der Waals surface area contributed by atoms with Crippen molar-refractivity contribution in [2.45, 2.75) is 23.0 Å². The molecule has 0 aliphatic rings. The van der Waals surface area contributed by atoms with Crippen LogP contribution in [0.5, 0.6) is 5.75 Å². The molecule has 0 saturated carbocycles. The predicted molar refractivity (Wildman–Crippen MR) is 99.8 cm³/mol. The van der Waals surface area contributed by atoms with Crippen molar-refractivity contribution < 1.29 is 27.9 Å². The molecule has 146 valence electrons. The molecule has 0 radical (unpaired) electrons. The third-order valence-electron chi connectivity index (χ3n) is 4.01. The maximum absolute atomic E-state index is 13.8. The average molecular weight is 404 g/mol. The first-order valence-corrected chi connectivity index (χ1v) is 9.31. The van der Waals surface area contributed by atoms with Gasteiger partial charge in [-0.1, -0.05) is 12.1 Å². The Labute approximate surface area is 163 Å². The number of rotatable bonds is 7. The fourth-order valence-electron chi connectivity index (χ4n) is 2.64. The molecule has 0 bridgehead atoms. The number of hydrogen-bond acceptors (Lipinski definition) is 7. The molecule has 0 fully saturated rings. The van der Waals surface area contributed by atoms with E-state index in [4.69, 9.17) is 13.6 Å². The maximum atomic E-state index is 13.8. The first-order chi connectivity index (χ1) is 13.5.